The van der Waals surface area contributed by atoms with Gasteiger partial charge in [-0.25, -0.2) is 0 Å². The van der Waals surface area contributed by atoms with Gasteiger partial charge in [0.25, 0.3) is 0 Å². The maximum Gasteiger partial charge on any atom is 0.0700 e. The summed E-state index contributed by atoms with van der Waals surface area (Å²) in [6.07, 6.45) is 1.75. The third-order valence-corrected chi connectivity index (χ3v) is 2.82. The van der Waals surface area contributed by atoms with E-state index >= 15 is 0 Å². The van der Waals surface area contributed by atoms with Crippen LogP contribution in [0.2, 0.25) is 0 Å². The van der Waals surface area contributed by atoms with Gasteiger partial charge in [0.1, 0.15) is 0 Å². The summed E-state index contributed by atoms with van der Waals surface area (Å²) in [5.74, 6) is 0.537. The van der Waals surface area contributed by atoms with Crippen molar-refractivity contribution < 1.29 is 14.6 Å². The average molecular weight is 233 g/mol. The van der Waals surface area contributed by atoms with E-state index in [9.17, 15) is 5.11 Å². The van der Waals surface area contributed by atoms with E-state index in [-0.39, 0.29) is 12.0 Å². The topological polar surface area (TPSA) is 64.7 Å². The largest absolute Gasteiger partial charge is 0.396 e. The van der Waals surface area contributed by atoms with Crippen molar-refractivity contribution in [2.45, 2.75) is 26.7 Å². The summed E-state index contributed by atoms with van der Waals surface area (Å²) in [5.41, 5.74) is 5.59. The van der Waals surface area contributed by atoms with Crippen molar-refractivity contribution in [2.75, 3.05) is 40.1 Å². The fourth-order valence-corrected chi connectivity index (χ4v) is 1.89. The molecule has 1 atom stereocenters. The number of hydrogen-bond donors (Lipinski definition) is 2. The molecule has 0 aromatic rings. The smallest absolute Gasteiger partial charge is 0.0700 e. The minimum absolute atomic E-state index is 0.134. The van der Waals surface area contributed by atoms with Gasteiger partial charge >= 0.3 is 0 Å². The fraction of sp³-hybridized carbons (Fsp3) is 1.00. The molecular weight excluding hydrogens is 206 g/mol. The highest BCUT2D eigenvalue weighted by atomic mass is 16.5. The lowest BCUT2D eigenvalue weighted by Crippen LogP contribution is -2.37. The highest BCUT2D eigenvalue weighted by Crippen LogP contribution is 2.28. The van der Waals surface area contributed by atoms with Crippen LogP contribution in [0.4, 0.5) is 0 Å². The molecule has 4 heteroatoms. The summed E-state index contributed by atoms with van der Waals surface area (Å²) in [6.45, 7) is 6.78. The van der Waals surface area contributed by atoms with E-state index in [2.05, 4.69) is 13.8 Å². The van der Waals surface area contributed by atoms with Crippen LogP contribution in [0.5, 0.6) is 0 Å². The number of methoxy groups -OCH3 is 1. The average Bonchev–Trinajstić information content (AvgIpc) is 2.26. The quantitative estimate of drug-likeness (QED) is 0.553. The number of hydrogen-bond acceptors (Lipinski definition) is 4. The first-order chi connectivity index (χ1) is 7.60. The van der Waals surface area contributed by atoms with Crippen LogP contribution in [-0.4, -0.2) is 45.2 Å². The zero-order valence-corrected chi connectivity index (χ0v) is 10.9. The minimum atomic E-state index is -0.179. The Morgan fingerprint density at radius 1 is 1.25 bits per heavy atom. The van der Waals surface area contributed by atoms with E-state index in [1.165, 1.54) is 0 Å². The normalized spacial score (nSPS) is 15.4. The molecule has 0 aliphatic heterocycles. The van der Waals surface area contributed by atoms with Gasteiger partial charge in [0.05, 0.1) is 13.2 Å². The molecule has 0 bridgehead atoms. The predicted octanol–water partition coefficient (Wildman–Crippen LogP) is 1.02. The molecule has 0 aliphatic carbocycles. The van der Waals surface area contributed by atoms with Crippen molar-refractivity contribution in [2.24, 2.45) is 17.1 Å². The van der Waals surface area contributed by atoms with E-state index < -0.39 is 0 Å². The summed E-state index contributed by atoms with van der Waals surface area (Å²) in [7, 11) is 1.65. The number of aliphatic hydroxyl groups is 1. The molecule has 0 spiro atoms. The zero-order chi connectivity index (χ0) is 12.4. The van der Waals surface area contributed by atoms with Crippen molar-refractivity contribution in [1.29, 1.82) is 0 Å². The van der Waals surface area contributed by atoms with Crippen molar-refractivity contribution in [1.82, 2.24) is 0 Å². The second-order valence-corrected chi connectivity index (χ2v) is 4.82. The SMILES string of the molecule is COCCOCCC(CN)(CO)CC(C)C. The summed E-state index contributed by atoms with van der Waals surface area (Å²) >= 11 is 0. The van der Waals surface area contributed by atoms with E-state index in [4.69, 9.17) is 15.2 Å². The maximum atomic E-state index is 9.47. The molecule has 0 aliphatic rings. The molecule has 0 heterocycles. The molecule has 4 nitrogen and oxygen atoms in total. The number of rotatable bonds is 10. The molecule has 0 rings (SSSR count). The van der Waals surface area contributed by atoms with Crippen LogP contribution < -0.4 is 5.73 Å². The maximum absolute atomic E-state index is 9.47. The van der Waals surface area contributed by atoms with Gasteiger partial charge in [-0.3, -0.25) is 0 Å². The Balaban J connectivity index is 3.92. The van der Waals surface area contributed by atoms with E-state index in [0.717, 1.165) is 12.8 Å². The Morgan fingerprint density at radius 3 is 2.38 bits per heavy atom. The van der Waals surface area contributed by atoms with Crippen LogP contribution >= 0.6 is 0 Å². The molecule has 0 saturated carbocycles. The zero-order valence-electron chi connectivity index (χ0n) is 10.9. The van der Waals surface area contributed by atoms with Gasteiger partial charge in [-0.15, -0.1) is 0 Å². The third kappa shape index (κ3) is 6.43. The summed E-state index contributed by atoms with van der Waals surface area (Å²) < 4.78 is 10.3. The lowest BCUT2D eigenvalue weighted by molar-refractivity contribution is 0.0285. The van der Waals surface area contributed by atoms with Crippen LogP contribution in [0.15, 0.2) is 0 Å². The molecule has 16 heavy (non-hydrogen) atoms. The highest BCUT2D eigenvalue weighted by molar-refractivity contribution is 4.80. The van der Waals surface area contributed by atoms with Crippen LogP contribution in [0.3, 0.4) is 0 Å². The number of nitrogens with two attached hydrogens (primary N) is 1. The Labute approximate surface area is 99.1 Å². The van der Waals surface area contributed by atoms with Crippen LogP contribution in [0.25, 0.3) is 0 Å². The molecule has 3 N–H and O–H groups in total. The summed E-state index contributed by atoms with van der Waals surface area (Å²) in [6, 6.07) is 0. The first-order valence-electron chi connectivity index (χ1n) is 5.98. The first kappa shape index (κ1) is 15.8. The Hall–Kier alpha value is -0.160. The van der Waals surface area contributed by atoms with Gasteiger partial charge < -0.3 is 20.3 Å². The molecule has 98 valence electrons. The number of ether oxygens (including phenoxy) is 2. The van der Waals surface area contributed by atoms with E-state index in [0.29, 0.717) is 32.3 Å². The molecule has 0 aromatic heterocycles. The van der Waals surface area contributed by atoms with Crippen molar-refractivity contribution in [3.63, 3.8) is 0 Å². The molecule has 0 saturated heterocycles. The minimum Gasteiger partial charge on any atom is -0.396 e. The standard InChI is InChI=1S/C12H27NO3/c1-11(2)8-12(9-13,10-14)4-5-16-7-6-15-3/h11,14H,4-10,13H2,1-3H3. The Bertz CT molecular complexity index is 158. The second-order valence-electron chi connectivity index (χ2n) is 4.82. The predicted molar refractivity (Wildman–Crippen MR) is 65.3 cm³/mol. The summed E-state index contributed by atoms with van der Waals surface area (Å²) in [5, 5.41) is 9.47. The summed E-state index contributed by atoms with van der Waals surface area (Å²) in [4.78, 5) is 0. The van der Waals surface area contributed by atoms with Crippen LogP contribution in [0.1, 0.15) is 26.7 Å². The van der Waals surface area contributed by atoms with Gasteiger partial charge in [-0.05, 0) is 18.8 Å². The molecule has 0 amide bonds. The fourth-order valence-electron chi connectivity index (χ4n) is 1.89. The monoisotopic (exact) mass is 233 g/mol. The molecule has 0 fully saturated rings. The molecule has 1 unspecified atom stereocenters. The van der Waals surface area contributed by atoms with Crippen molar-refractivity contribution in [3.05, 3.63) is 0 Å². The van der Waals surface area contributed by atoms with Gasteiger partial charge in [-0.2, -0.15) is 0 Å². The lowest BCUT2D eigenvalue weighted by Gasteiger charge is -2.32. The van der Waals surface area contributed by atoms with Crippen molar-refractivity contribution >= 4 is 0 Å². The third-order valence-electron chi connectivity index (χ3n) is 2.82. The van der Waals surface area contributed by atoms with Gasteiger partial charge in [0, 0.05) is 32.3 Å². The number of aliphatic hydroxyl groups excluding tert-OH is 1. The lowest BCUT2D eigenvalue weighted by atomic mass is 9.78. The molecule has 0 radical (unpaired) electrons. The van der Waals surface area contributed by atoms with Gasteiger partial charge in [-0.1, -0.05) is 13.8 Å². The molecular formula is C12H27NO3. The van der Waals surface area contributed by atoms with Crippen molar-refractivity contribution in [3.8, 4) is 0 Å². The van der Waals surface area contributed by atoms with Gasteiger partial charge in [0.15, 0.2) is 0 Å². The van der Waals surface area contributed by atoms with Gasteiger partial charge in [0.2, 0.25) is 0 Å². The molecule has 0 aromatic carbocycles. The van der Waals surface area contributed by atoms with Crippen LogP contribution in [0, 0.1) is 11.3 Å². The Kier molecular flexibility index (Phi) is 8.84. The Morgan fingerprint density at radius 2 is 1.94 bits per heavy atom. The van der Waals surface area contributed by atoms with E-state index in [1.807, 2.05) is 0 Å². The highest BCUT2D eigenvalue weighted by Gasteiger charge is 2.28. The second kappa shape index (κ2) is 8.93. The van der Waals surface area contributed by atoms with Crippen LogP contribution in [-0.2, 0) is 9.47 Å². The first-order valence-corrected chi connectivity index (χ1v) is 5.98. The van der Waals surface area contributed by atoms with E-state index in [1.54, 1.807) is 7.11 Å².